The molecule has 2 aromatic carbocycles. The second kappa shape index (κ2) is 4.66. The van der Waals surface area contributed by atoms with Crippen LogP contribution in [0.15, 0.2) is 34.1 Å². The predicted molar refractivity (Wildman–Crippen MR) is 76.1 cm³/mol. The van der Waals surface area contributed by atoms with E-state index in [4.69, 9.17) is 27.1 Å². The lowest BCUT2D eigenvalue weighted by atomic mass is 10.1. The smallest absolute Gasteiger partial charge is 0.262 e. The molecule has 0 atom stereocenters. The highest BCUT2D eigenvalue weighted by Crippen LogP contribution is 2.38. The standard InChI is InChI=1S/C10H7Cl2NO5S2/c11-19(15,16)5-1-2-6-7(3-5)10(14)8(13)4-9(6)20(12,17)18/h1-4,14H,13H2. The molecule has 0 heterocycles. The summed E-state index contributed by atoms with van der Waals surface area (Å²) < 4.78 is 45.5. The lowest BCUT2D eigenvalue weighted by Crippen LogP contribution is -1.98. The Morgan fingerprint density at radius 1 is 0.950 bits per heavy atom. The molecular weight excluding hydrogens is 349 g/mol. The van der Waals surface area contributed by atoms with E-state index in [2.05, 4.69) is 0 Å². The van der Waals surface area contributed by atoms with Gasteiger partial charge in [0.05, 0.1) is 15.5 Å². The fourth-order valence-electron chi connectivity index (χ4n) is 1.73. The fourth-order valence-corrected chi connectivity index (χ4v) is 3.60. The number of hydrogen-bond donors (Lipinski definition) is 2. The Labute approximate surface area is 123 Å². The minimum atomic E-state index is -4.12. The van der Waals surface area contributed by atoms with Crippen molar-refractivity contribution in [1.29, 1.82) is 0 Å². The van der Waals surface area contributed by atoms with Crippen molar-refractivity contribution in [3.05, 3.63) is 24.3 Å². The van der Waals surface area contributed by atoms with Gasteiger partial charge < -0.3 is 10.8 Å². The second-order valence-electron chi connectivity index (χ2n) is 3.90. The van der Waals surface area contributed by atoms with Crippen LogP contribution >= 0.6 is 21.4 Å². The van der Waals surface area contributed by atoms with E-state index in [1.165, 1.54) is 6.07 Å². The quantitative estimate of drug-likeness (QED) is 0.483. The predicted octanol–water partition coefficient (Wildman–Crippen LogP) is 1.98. The van der Waals surface area contributed by atoms with Crippen LogP contribution < -0.4 is 5.73 Å². The molecule has 0 aliphatic rings. The van der Waals surface area contributed by atoms with E-state index < -0.39 is 23.9 Å². The maximum atomic E-state index is 11.5. The van der Waals surface area contributed by atoms with Gasteiger partial charge in [-0.15, -0.1) is 0 Å². The largest absolute Gasteiger partial charge is 0.505 e. The molecule has 20 heavy (non-hydrogen) atoms. The van der Waals surface area contributed by atoms with Crippen LogP contribution in [0.25, 0.3) is 10.8 Å². The maximum absolute atomic E-state index is 11.5. The number of halogens is 2. The van der Waals surface area contributed by atoms with E-state index >= 15 is 0 Å². The zero-order valence-corrected chi connectivity index (χ0v) is 12.7. The molecule has 2 rings (SSSR count). The number of aromatic hydroxyl groups is 1. The Bertz CT molecular complexity index is 922. The normalized spacial score (nSPS) is 12.7. The third kappa shape index (κ3) is 2.64. The zero-order chi connectivity index (χ0) is 15.3. The van der Waals surface area contributed by atoms with Crippen LogP contribution in [0.3, 0.4) is 0 Å². The van der Waals surface area contributed by atoms with E-state index in [9.17, 15) is 21.9 Å². The highest BCUT2D eigenvalue weighted by Gasteiger charge is 2.20. The van der Waals surface area contributed by atoms with Crippen LogP contribution in [-0.2, 0) is 18.1 Å². The summed E-state index contributed by atoms with van der Waals surface area (Å²) in [6.45, 7) is 0. The van der Waals surface area contributed by atoms with Crippen LogP contribution in [-0.4, -0.2) is 21.9 Å². The van der Waals surface area contributed by atoms with E-state index in [0.29, 0.717) is 0 Å². The fraction of sp³-hybridized carbons (Fsp3) is 0. The first kappa shape index (κ1) is 15.2. The van der Waals surface area contributed by atoms with Gasteiger partial charge in [0.2, 0.25) is 0 Å². The molecule has 0 amide bonds. The molecule has 3 N–H and O–H groups in total. The first-order valence-electron chi connectivity index (χ1n) is 4.96. The zero-order valence-electron chi connectivity index (χ0n) is 9.54. The molecular formula is C10H7Cl2NO5S2. The summed E-state index contributed by atoms with van der Waals surface area (Å²) in [4.78, 5) is -0.631. The molecule has 10 heteroatoms. The van der Waals surface area contributed by atoms with Gasteiger partial charge in [-0.05, 0) is 18.2 Å². The molecule has 6 nitrogen and oxygen atoms in total. The second-order valence-corrected chi connectivity index (χ2v) is 9.00. The van der Waals surface area contributed by atoms with Crippen LogP contribution in [0.5, 0.6) is 5.75 Å². The van der Waals surface area contributed by atoms with Gasteiger partial charge in [0.1, 0.15) is 5.75 Å². The SMILES string of the molecule is Nc1cc(S(=O)(=O)Cl)c2ccc(S(=O)(=O)Cl)cc2c1O. The van der Waals surface area contributed by atoms with Gasteiger partial charge in [-0.3, -0.25) is 0 Å². The Kier molecular flexibility index (Phi) is 3.53. The molecule has 108 valence electrons. The van der Waals surface area contributed by atoms with Crippen LogP contribution in [0.4, 0.5) is 5.69 Å². The molecule has 0 aliphatic carbocycles. The number of nitrogens with two attached hydrogens (primary N) is 1. The van der Waals surface area contributed by atoms with Crippen LogP contribution in [0.1, 0.15) is 0 Å². The van der Waals surface area contributed by atoms with Gasteiger partial charge in [-0.2, -0.15) is 0 Å². The third-order valence-electron chi connectivity index (χ3n) is 2.62. The van der Waals surface area contributed by atoms with Crippen molar-refractivity contribution >= 4 is 55.9 Å². The average molecular weight is 356 g/mol. The summed E-state index contributed by atoms with van der Waals surface area (Å²) in [7, 11) is 2.33. The number of phenols is 1. The summed E-state index contributed by atoms with van der Waals surface area (Å²) in [5.74, 6) is -0.453. The summed E-state index contributed by atoms with van der Waals surface area (Å²) in [5.41, 5.74) is 5.24. The summed E-state index contributed by atoms with van der Waals surface area (Å²) in [6.07, 6.45) is 0. The van der Waals surface area contributed by atoms with E-state index in [1.54, 1.807) is 0 Å². The lowest BCUT2D eigenvalue weighted by molar-refractivity contribution is 0.484. The number of phenolic OH excluding ortho intramolecular Hbond substituents is 1. The first-order chi connectivity index (χ1) is 9.01. The van der Waals surface area contributed by atoms with E-state index in [0.717, 1.165) is 18.2 Å². The molecule has 2 aromatic rings. The minimum absolute atomic E-state index is 0.0377. The van der Waals surface area contributed by atoms with Crippen molar-refractivity contribution in [3.8, 4) is 5.75 Å². The molecule has 0 aliphatic heterocycles. The number of anilines is 1. The molecule has 0 fully saturated rings. The van der Waals surface area contributed by atoms with Crippen molar-refractivity contribution in [2.24, 2.45) is 0 Å². The van der Waals surface area contributed by atoms with Crippen molar-refractivity contribution in [1.82, 2.24) is 0 Å². The van der Waals surface area contributed by atoms with E-state index in [-0.39, 0.29) is 26.3 Å². The molecule has 0 spiro atoms. The Hall–Kier alpha value is -1.22. The van der Waals surface area contributed by atoms with Gasteiger partial charge in [-0.1, -0.05) is 6.07 Å². The Balaban J connectivity index is 3.01. The Morgan fingerprint density at radius 2 is 1.55 bits per heavy atom. The van der Waals surface area contributed by atoms with Gasteiger partial charge in [0, 0.05) is 32.1 Å². The molecule has 0 bridgehead atoms. The average Bonchev–Trinajstić information content (AvgIpc) is 2.30. The molecule has 0 aromatic heterocycles. The number of fused-ring (bicyclic) bond motifs is 1. The molecule has 0 saturated heterocycles. The highest BCUT2D eigenvalue weighted by molar-refractivity contribution is 8.14. The first-order valence-corrected chi connectivity index (χ1v) is 9.58. The Morgan fingerprint density at radius 3 is 2.05 bits per heavy atom. The van der Waals surface area contributed by atoms with Crippen LogP contribution in [0, 0.1) is 0 Å². The van der Waals surface area contributed by atoms with Gasteiger partial charge in [-0.25, -0.2) is 16.8 Å². The van der Waals surface area contributed by atoms with E-state index in [1.807, 2.05) is 0 Å². The molecule has 0 saturated carbocycles. The lowest BCUT2D eigenvalue weighted by Gasteiger charge is -2.09. The maximum Gasteiger partial charge on any atom is 0.262 e. The summed E-state index contributed by atoms with van der Waals surface area (Å²) >= 11 is 0. The van der Waals surface area contributed by atoms with Crippen LogP contribution in [0.2, 0.25) is 0 Å². The van der Waals surface area contributed by atoms with Crippen molar-refractivity contribution < 1.29 is 21.9 Å². The van der Waals surface area contributed by atoms with Gasteiger partial charge >= 0.3 is 0 Å². The van der Waals surface area contributed by atoms with Gasteiger partial charge in [0.15, 0.2) is 0 Å². The summed E-state index contributed by atoms with van der Waals surface area (Å²) in [5, 5.41) is 9.80. The molecule has 0 unspecified atom stereocenters. The highest BCUT2D eigenvalue weighted by atomic mass is 35.7. The van der Waals surface area contributed by atoms with Crippen molar-refractivity contribution in [2.75, 3.05) is 5.73 Å². The van der Waals surface area contributed by atoms with Crippen molar-refractivity contribution in [2.45, 2.75) is 9.79 Å². The number of hydrogen-bond acceptors (Lipinski definition) is 6. The number of rotatable bonds is 2. The number of nitrogen functional groups attached to an aromatic ring is 1. The number of benzene rings is 2. The monoisotopic (exact) mass is 355 g/mol. The van der Waals surface area contributed by atoms with Gasteiger partial charge in [0.25, 0.3) is 18.1 Å². The molecule has 0 radical (unpaired) electrons. The topological polar surface area (TPSA) is 115 Å². The minimum Gasteiger partial charge on any atom is -0.505 e. The third-order valence-corrected chi connectivity index (χ3v) is 5.33. The van der Waals surface area contributed by atoms with Crippen molar-refractivity contribution in [3.63, 3.8) is 0 Å². The summed E-state index contributed by atoms with van der Waals surface area (Å²) in [6, 6.07) is 4.30.